The number of nitrogens with zero attached hydrogens (tertiary/aromatic N) is 2. The van der Waals surface area contributed by atoms with Crippen LogP contribution in [0.1, 0.15) is 40.5 Å². The summed E-state index contributed by atoms with van der Waals surface area (Å²) in [5.41, 5.74) is -0.266. The van der Waals surface area contributed by atoms with Crippen LogP contribution in [0.2, 0.25) is 0 Å². The normalized spacial score (nSPS) is 17.5. The molecule has 1 unspecified atom stereocenters. The highest BCUT2D eigenvalue weighted by Gasteiger charge is 2.24. The van der Waals surface area contributed by atoms with Crippen LogP contribution in [-0.2, 0) is 4.74 Å². The highest BCUT2D eigenvalue weighted by Crippen LogP contribution is 2.19. The van der Waals surface area contributed by atoms with Crippen molar-refractivity contribution < 1.29 is 19.2 Å². The van der Waals surface area contributed by atoms with E-state index in [0.717, 1.165) is 38.1 Å². The van der Waals surface area contributed by atoms with E-state index in [2.05, 4.69) is 21.9 Å². The van der Waals surface area contributed by atoms with Gasteiger partial charge >= 0.3 is 5.97 Å². The molecule has 2 rings (SSSR count). The molecule has 1 atom stereocenters. The Morgan fingerprint density at radius 3 is 2.71 bits per heavy atom. The van der Waals surface area contributed by atoms with Crippen molar-refractivity contribution in [3.63, 3.8) is 0 Å². The van der Waals surface area contributed by atoms with Gasteiger partial charge in [0.15, 0.2) is 0 Å². The van der Waals surface area contributed by atoms with Gasteiger partial charge in [0, 0.05) is 30.3 Å². The van der Waals surface area contributed by atoms with Gasteiger partial charge in [-0.05, 0) is 32.0 Å². The third-order valence-corrected chi connectivity index (χ3v) is 4.22. The zero-order chi connectivity index (χ0) is 17.7. The number of rotatable bonds is 6. The molecule has 0 spiro atoms. The Kier molecular flexibility index (Phi) is 5.86. The summed E-state index contributed by atoms with van der Waals surface area (Å²) in [5.74, 6) is -1.16. The lowest BCUT2D eigenvalue weighted by Gasteiger charge is -2.22. The largest absolute Gasteiger partial charge is 0.465 e. The molecule has 1 aromatic rings. The molecule has 0 aliphatic carbocycles. The van der Waals surface area contributed by atoms with Crippen LogP contribution >= 0.6 is 0 Å². The van der Waals surface area contributed by atoms with Crippen LogP contribution < -0.4 is 5.32 Å². The van der Waals surface area contributed by atoms with Gasteiger partial charge in [0.25, 0.3) is 11.6 Å². The van der Waals surface area contributed by atoms with E-state index in [9.17, 15) is 19.7 Å². The number of likely N-dealkylation sites (N-methyl/N-ethyl adjacent to an activating group) is 1. The molecule has 1 aromatic carbocycles. The first-order valence-electron chi connectivity index (χ1n) is 7.86. The van der Waals surface area contributed by atoms with Crippen molar-refractivity contribution in [2.75, 3.05) is 26.7 Å². The predicted octanol–water partition coefficient (Wildman–Crippen LogP) is 1.60. The van der Waals surface area contributed by atoms with E-state index in [1.165, 1.54) is 13.2 Å². The SMILES string of the molecule is CCN1CCCC1CNC(=O)c1cc(C(=O)OC)cc([N+](=O)[O-])c1. The zero-order valence-electron chi connectivity index (χ0n) is 13.8. The van der Waals surface area contributed by atoms with Crippen molar-refractivity contribution in [1.82, 2.24) is 10.2 Å². The van der Waals surface area contributed by atoms with Crippen LogP contribution in [0, 0.1) is 10.1 Å². The molecule has 130 valence electrons. The first kappa shape index (κ1) is 17.9. The van der Waals surface area contributed by atoms with Crippen molar-refractivity contribution >= 4 is 17.6 Å². The lowest BCUT2D eigenvalue weighted by Crippen LogP contribution is -2.40. The number of nitrogens with one attached hydrogen (secondary N) is 1. The van der Waals surface area contributed by atoms with Gasteiger partial charge < -0.3 is 10.1 Å². The number of carbonyl (C=O) groups is 2. The number of methoxy groups -OCH3 is 1. The number of nitro groups is 1. The molecule has 1 amide bonds. The second-order valence-electron chi connectivity index (χ2n) is 5.65. The summed E-state index contributed by atoms with van der Waals surface area (Å²) >= 11 is 0. The molecule has 8 nitrogen and oxygen atoms in total. The molecule has 8 heteroatoms. The minimum absolute atomic E-state index is 0.0205. The number of esters is 1. The Labute approximate surface area is 139 Å². The van der Waals surface area contributed by atoms with Gasteiger partial charge in [0.05, 0.1) is 17.6 Å². The van der Waals surface area contributed by atoms with Crippen LogP contribution in [0.3, 0.4) is 0 Å². The van der Waals surface area contributed by atoms with Gasteiger partial charge in [-0.1, -0.05) is 6.92 Å². The van der Waals surface area contributed by atoms with Crippen molar-refractivity contribution in [2.24, 2.45) is 0 Å². The number of carbonyl (C=O) groups excluding carboxylic acids is 2. The summed E-state index contributed by atoms with van der Waals surface area (Å²) in [5, 5.41) is 13.8. The number of benzene rings is 1. The topological polar surface area (TPSA) is 102 Å². The van der Waals surface area contributed by atoms with E-state index in [1.807, 2.05) is 0 Å². The maximum Gasteiger partial charge on any atom is 0.338 e. The van der Waals surface area contributed by atoms with E-state index in [0.29, 0.717) is 6.54 Å². The van der Waals surface area contributed by atoms with Gasteiger partial charge in [-0.15, -0.1) is 0 Å². The number of hydrogen-bond acceptors (Lipinski definition) is 6. The van der Waals surface area contributed by atoms with E-state index in [1.54, 1.807) is 0 Å². The average Bonchev–Trinajstić information content (AvgIpc) is 3.05. The van der Waals surface area contributed by atoms with Crippen LogP contribution in [0.5, 0.6) is 0 Å². The number of amides is 1. The third-order valence-electron chi connectivity index (χ3n) is 4.22. The molecule has 0 bridgehead atoms. The molecule has 0 aromatic heterocycles. The minimum atomic E-state index is -0.722. The quantitative estimate of drug-likeness (QED) is 0.481. The summed E-state index contributed by atoms with van der Waals surface area (Å²) < 4.78 is 4.58. The van der Waals surface area contributed by atoms with Crippen LogP contribution in [0.25, 0.3) is 0 Å². The Bertz CT molecular complexity index is 647. The monoisotopic (exact) mass is 335 g/mol. The second-order valence-corrected chi connectivity index (χ2v) is 5.65. The number of nitro benzene ring substituents is 1. The minimum Gasteiger partial charge on any atom is -0.465 e. The zero-order valence-corrected chi connectivity index (χ0v) is 13.8. The Hall–Kier alpha value is -2.48. The average molecular weight is 335 g/mol. The molecule has 1 aliphatic rings. The van der Waals surface area contributed by atoms with E-state index >= 15 is 0 Å². The van der Waals surface area contributed by atoms with Crippen molar-refractivity contribution in [3.8, 4) is 0 Å². The summed E-state index contributed by atoms with van der Waals surface area (Å²) in [7, 11) is 1.18. The third kappa shape index (κ3) is 4.08. The summed E-state index contributed by atoms with van der Waals surface area (Å²) in [6, 6.07) is 3.84. The molecule has 1 fully saturated rings. The standard InChI is InChI=1S/C16H21N3O5/c1-3-18-6-4-5-13(18)10-17-15(20)11-7-12(16(21)24-2)9-14(8-11)19(22)23/h7-9,13H,3-6,10H2,1-2H3,(H,17,20). The number of hydrogen-bond donors (Lipinski definition) is 1. The van der Waals surface area contributed by atoms with E-state index < -0.39 is 16.8 Å². The fraction of sp³-hybridized carbons (Fsp3) is 0.500. The van der Waals surface area contributed by atoms with Crippen molar-refractivity contribution in [1.29, 1.82) is 0 Å². The van der Waals surface area contributed by atoms with Gasteiger partial charge in [-0.25, -0.2) is 4.79 Å². The van der Waals surface area contributed by atoms with E-state index in [-0.39, 0.29) is 22.9 Å². The first-order chi connectivity index (χ1) is 11.5. The number of ether oxygens (including phenoxy) is 1. The highest BCUT2D eigenvalue weighted by atomic mass is 16.6. The Balaban J connectivity index is 2.14. The number of likely N-dealkylation sites (tertiary alicyclic amines) is 1. The Morgan fingerprint density at radius 2 is 2.08 bits per heavy atom. The fourth-order valence-corrected chi connectivity index (χ4v) is 2.94. The van der Waals surface area contributed by atoms with Crippen LogP contribution in [-0.4, -0.2) is 54.5 Å². The maximum atomic E-state index is 12.3. The summed E-state index contributed by atoms with van der Waals surface area (Å²) in [6.07, 6.45) is 2.11. The van der Waals surface area contributed by atoms with Gasteiger partial charge in [-0.3, -0.25) is 19.8 Å². The summed E-state index contributed by atoms with van der Waals surface area (Å²) in [6.45, 7) is 4.48. The smallest absolute Gasteiger partial charge is 0.338 e. The molecule has 1 N–H and O–H groups in total. The highest BCUT2D eigenvalue weighted by molar-refractivity contribution is 5.98. The van der Waals surface area contributed by atoms with Gasteiger partial charge in [0.1, 0.15) is 0 Å². The Morgan fingerprint density at radius 1 is 1.38 bits per heavy atom. The van der Waals surface area contributed by atoms with Crippen LogP contribution in [0.4, 0.5) is 5.69 Å². The lowest BCUT2D eigenvalue weighted by atomic mass is 10.1. The molecular weight excluding hydrogens is 314 g/mol. The number of non-ortho nitro benzene ring substituents is 1. The maximum absolute atomic E-state index is 12.3. The molecular formula is C16H21N3O5. The second kappa shape index (κ2) is 7.87. The molecule has 1 saturated heterocycles. The fourth-order valence-electron chi connectivity index (χ4n) is 2.94. The van der Waals surface area contributed by atoms with Crippen LogP contribution in [0.15, 0.2) is 18.2 Å². The molecule has 1 aliphatic heterocycles. The molecule has 1 heterocycles. The first-order valence-corrected chi connectivity index (χ1v) is 7.86. The molecule has 0 saturated carbocycles. The molecule has 0 radical (unpaired) electrons. The van der Waals surface area contributed by atoms with Gasteiger partial charge in [-0.2, -0.15) is 0 Å². The van der Waals surface area contributed by atoms with Gasteiger partial charge in [0.2, 0.25) is 0 Å². The summed E-state index contributed by atoms with van der Waals surface area (Å²) in [4.78, 5) is 36.6. The van der Waals surface area contributed by atoms with Crippen molar-refractivity contribution in [2.45, 2.75) is 25.8 Å². The van der Waals surface area contributed by atoms with Crippen molar-refractivity contribution in [3.05, 3.63) is 39.4 Å². The van der Waals surface area contributed by atoms with E-state index in [4.69, 9.17) is 0 Å². The lowest BCUT2D eigenvalue weighted by molar-refractivity contribution is -0.384. The molecule has 24 heavy (non-hydrogen) atoms. The predicted molar refractivity (Wildman–Crippen MR) is 87.0 cm³/mol.